The van der Waals surface area contributed by atoms with E-state index in [9.17, 15) is 4.39 Å². The molecule has 0 radical (unpaired) electrons. The van der Waals surface area contributed by atoms with Gasteiger partial charge in [-0.2, -0.15) is 5.10 Å². The van der Waals surface area contributed by atoms with Gasteiger partial charge in [-0.25, -0.2) is 9.82 Å². The number of para-hydroxylation sites is 1. The van der Waals surface area contributed by atoms with Crippen LogP contribution in [0.2, 0.25) is 0 Å². The summed E-state index contributed by atoms with van der Waals surface area (Å²) in [6.07, 6.45) is 1.66. The molecule has 0 aliphatic rings. The first-order valence-electron chi connectivity index (χ1n) is 6.38. The van der Waals surface area contributed by atoms with Gasteiger partial charge in [-0.1, -0.05) is 18.2 Å². The van der Waals surface area contributed by atoms with Crippen molar-refractivity contribution in [3.8, 4) is 0 Å². The lowest BCUT2D eigenvalue weighted by molar-refractivity contribution is 0.602. The molecule has 1 aromatic heterocycles. The van der Waals surface area contributed by atoms with Crippen LogP contribution in [0, 0.1) is 5.82 Å². The first kappa shape index (κ1) is 12.6. The predicted octanol–water partition coefficient (Wildman–Crippen LogP) is 2.83. The second kappa shape index (κ2) is 5.30. The van der Waals surface area contributed by atoms with Gasteiger partial charge in [0.2, 0.25) is 0 Å². The summed E-state index contributed by atoms with van der Waals surface area (Å²) in [5.74, 6) is -0.229. The first-order chi connectivity index (χ1) is 9.74. The fraction of sp³-hybridized carbons (Fsp3) is 0.133. The van der Waals surface area contributed by atoms with Gasteiger partial charge in [0, 0.05) is 30.2 Å². The van der Waals surface area contributed by atoms with Gasteiger partial charge in [-0.05, 0) is 24.3 Å². The molecule has 2 aromatic carbocycles. The number of hydrogen-bond acceptors (Lipinski definition) is 3. The zero-order chi connectivity index (χ0) is 13.9. The van der Waals surface area contributed by atoms with Crippen LogP contribution in [-0.2, 0) is 13.6 Å². The van der Waals surface area contributed by atoms with Crippen molar-refractivity contribution in [3.05, 3.63) is 60.0 Å². The van der Waals surface area contributed by atoms with E-state index >= 15 is 0 Å². The standard InChI is InChI=1S/C15H15FN4/c1-20-15-8-11(14(16)7-12(15)10-18-20)9-17-19-13-5-3-2-4-6-13/h2-8,10,17,19H,9H2,1H3. The largest absolute Gasteiger partial charge is 0.321 e. The van der Waals surface area contributed by atoms with Crippen molar-refractivity contribution in [1.29, 1.82) is 0 Å². The molecule has 0 saturated heterocycles. The molecule has 20 heavy (non-hydrogen) atoms. The molecule has 3 rings (SSSR count). The molecule has 2 N–H and O–H groups in total. The fourth-order valence-electron chi connectivity index (χ4n) is 2.11. The molecule has 0 bridgehead atoms. The number of nitrogens with one attached hydrogen (secondary N) is 2. The summed E-state index contributed by atoms with van der Waals surface area (Å²) in [5, 5.41) is 4.93. The molecule has 102 valence electrons. The number of halogens is 1. The molecule has 0 amide bonds. The van der Waals surface area contributed by atoms with Crippen molar-refractivity contribution < 1.29 is 4.39 Å². The third kappa shape index (κ3) is 2.48. The highest BCUT2D eigenvalue weighted by Crippen LogP contribution is 2.18. The van der Waals surface area contributed by atoms with Crippen LogP contribution in [0.25, 0.3) is 10.9 Å². The number of hydrazine groups is 1. The van der Waals surface area contributed by atoms with E-state index in [0.29, 0.717) is 12.1 Å². The molecular weight excluding hydrogens is 255 g/mol. The Balaban J connectivity index is 1.74. The first-order valence-corrected chi connectivity index (χ1v) is 6.38. The Morgan fingerprint density at radius 1 is 1.20 bits per heavy atom. The molecule has 0 spiro atoms. The molecule has 0 aliphatic heterocycles. The maximum atomic E-state index is 13.9. The third-order valence-electron chi connectivity index (χ3n) is 3.20. The van der Waals surface area contributed by atoms with E-state index in [1.165, 1.54) is 6.07 Å². The van der Waals surface area contributed by atoms with Crippen LogP contribution >= 0.6 is 0 Å². The molecule has 0 fully saturated rings. The Hall–Kier alpha value is -2.40. The Kier molecular flexibility index (Phi) is 3.35. The maximum Gasteiger partial charge on any atom is 0.128 e. The minimum absolute atomic E-state index is 0.229. The van der Waals surface area contributed by atoms with Gasteiger partial charge < -0.3 is 5.43 Å². The van der Waals surface area contributed by atoms with Crippen LogP contribution in [-0.4, -0.2) is 9.78 Å². The van der Waals surface area contributed by atoms with Crippen molar-refractivity contribution in [2.75, 3.05) is 5.43 Å². The Morgan fingerprint density at radius 2 is 2.00 bits per heavy atom. The minimum atomic E-state index is -0.229. The van der Waals surface area contributed by atoms with E-state index in [2.05, 4.69) is 16.0 Å². The van der Waals surface area contributed by atoms with Gasteiger partial charge in [0.25, 0.3) is 0 Å². The van der Waals surface area contributed by atoms with Gasteiger partial charge in [0.15, 0.2) is 0 Å². The highest BCUT2D eigenvalue weighted by atomic mass is 19.1. The van der Waals surface area contributed by atoms with Crippen LogP contribution in [0.3, 0.4) is 0 Å². The quantitative estimate of drug-likeness (QED) is 0.716. The summed E-state index contributed by atoms with van der Waals surface area (Å²) in [6.45, 7) is 0.391. The minimum Gasteiger partial charge on any atom is -0.321 e. The highest BCUT2D eigenvalue weighted by molar-refractivity contribution is 5.79. The number of anilines is 1. The zero-order valence-electron chi connectivity index (χ0n) is 11.1. The van der Waals surface area contributed by atoms with Crippen molar-refractivity contribution in [3.63, 3.8) is 0 Å². The topological polar surface area (TPSA) is 41.9 Å². The average Bonchev–Trinajstić information content (AvgIpc) is 2.81. The van der Waals surface area contributed by atoms with Gasteiger partial charge in [0.1, 0.15) is 5.82 Å². The van der Waals surface area contributed by atoms with Gasteiger partial charge in [-0.15, -0.1) is 0 Å². The van der Waals surface area contributed by atoms with Crippen molar-refractivity contribution in [2.45, 2.75) is 6.54 Å². The van der Waals surface area contributed by atoms with Gasteiger partial charge >= 0.3 is 0 Å². The number of fused-ring (bicyclic) bond motifs is 1. The number of rotatable bonds is 4. The van der Waals surface area contributed by atoms with E-state index in [-0.39, 0.29) is 5.82 Å². The molecule has 5 heteroatoms. The summed E-state index contributed by atoms with van der Waals surface area (Å²) in [4.78, 5) is 0. The number of aromatic nitrogens is 2. The Labute approximate surface area is 116 Å². The number of nitrogens with zero attached hydrogens (tertiary/aromatic N) is 2. The summed E-state index contributed by atoms with van der Waals surface area (Å²) in [7, 11) is 1.85. The monoisotopic (exact) mass is 270 g/mol. The highest BCUT2D eigenvalue weighted by Gasteiger charge is 2.07. The van der Waals surface area contributed by atoms with Crippen LogP contribution in [0.4, 0.5) is 10.1 Å². The molecule has 1 heterocycles. The maximum absolute atomic E-state index is 13.9. The third-order valence-corrected chi connectivity index (χ3v) is 3.20. The predicted molar refractivity (Wildman–Crippen MR) is 77.6 cm³/mol. The van der Waals surface area contributed by atoms with Crippen LogP contribution in [0.1, 0.15) is 5.56 Å². The van der Waals surface area contributed by atoms with Gasteiger partial charge in [-0.3, -0.25) is 4.68 Å². The molecule has 4 nitrogen and oxygen atoms in total. The van der Waals surface area contributed by atoms with Crippen LogP contribution in [0.15, 0.2) is 48.7 Å². The lowest BCUT2D eigenvalue weighted by atomic mass is 10.1. The fourth-order valence-corrected chi connectivity index (χ4v) is 2.11. The van der Waals surface area contributed by atoms with Crippen LogP contribution in [0.5, 0.6) is 0 Å². The van der Waals surface area contributed by atoms with Crippen molar-refractivity contribution >= 4 is 16.6 Å². The van der Waals surface area contributed by atoms with Crippen molar-refractivity contribution in [1.82, 2.24) is 15.2 Å². The SMILES string of the molecule is Cn1ncc2cc(F)c(CNNc3ccccc3)cc21. The lowest BCUT2D eigenvalue weighted by Gasteiger charge is -2.09. The average molecular weight is 270 g/mol. The van der Waals surface area contributed by atoms with Crippen molar-refractivity contribution in [2.24, 2.45) is 7.05 Å². The van der Waals surface area contributed by atoms with E-state index in [4.69, 9.17) is 0 Å². The summed E-state index contributed by atoms with van der Waals surface area (Å²) < 4.78 is 15.7. The van der Waals surface area contributed by atoms with E-state index in [1.54, 1.807) is 10.9 Å². The number of aryl methyl sites for hydroxylation is 1. The van der Waals surface area contributed by atoms with Gasteiger partial charge in [0.05, 0.1) is 11.7 Å². The lowest BCUT2D eigenvalue weighted by Crippen LogP contribution is -2.21. The summed E-state index contributed by atoms with van der Waals surface area (Å²) in [5.41, 5.74) is 8.51. The molecule has 0 aliphatic carbocycles. The van der Waals surface area contributed by atoms with E-state index < -0.39 is 0 Å². The molecule has 0 saturated carbocycles. The smallest absolute Gasteiger partial charge is 0.128 e. The molecule has 3 aromatic rings. The molecular formula is C15H15FN4. The summed E-state index contributed by atoms with van der Waals surface area (Å²) >= 11 is 0. The molecule has 0 unspecified atom stereocenters. The van der Waals surface area contributed by atoms with E-state index in [1.807, 2.05) is 43.4 Å². The molecule has 0 atom stereocenters. The Bertz CT molecular complexity index is 721. The normalized spacial score (nSPS) is 10.9. The summed E-state index contributed by atoms with van der Waals surface area (Å²) in [6, 6.07) is 13.0. The number of benzene rings is 2. The second-order valence-electron chi connectivity index (χ2n) is 4.62. The number of hydrogen-bond donors (Lipinski definition) is 2. The zero-order valence-corrected chi connectivity index (χ0v) is 11.1. The Morgan fingerprint density at radius 3 is 2.80 bits per heavy atom. The second-order valence-corrected chi connectivity index (χ2v) is 4.62. The van der Waals surface area contributed by atoms with E-state index in [0.717, 1.165) is 16.6 Å². The van der Waals surface area contributed by atoms with Crippen LogP contribution < -0.4 is 10.9 Å².